The lowest BCUT2D eigenvalue weighted by atomic mass is 10.0. The molecule has 0 saturated carbocycles. The van der Waals surface area contributed by atoms with Crippen molar-refractivity contribution in [3.05, 3.63) is 18.5 Å². The number of fused-ring (bicyclic) bond motifs is 1. The van der Waals surface area contributed by atoms with Gasteiger partial charge in [0, 0.05) is 12.8 Å². The first kappa shape index (κ1) is 9.59. The van der Waals surface area contributed by atoms with E-state index in [1.54, 1.807) is 12.4 Å². The van der Waals surface area contributed by atoms with Crippen LogP contribution < -0.4 is 5.73 Å². The normalized spacial score (nSPS) is 25.3. The molecule has 5 nitrogen and oxygen atoms in total. The van der Waals surface area contributed by atoms with E-state index in [2.05, 4.69) is 21.5 Å². The van der Waals surface area contributed by atoms with Gasteiger partial charge in [0.15, 0.2) is 0 Å². The molecular weight excluding hydrogens is 204 g/mol. The van der Waals surface area contributed by atoms with Crippen LogP contribution in [0.2, 0.25) is 0 Å². The minimum atomic E-state index is -0.0831. The molecule has 1 atom stereocenters. The van der Waals surface area contributed by atoms with Crippen LogP contribution in [0.25, 0.3) is 11.0 Å². The molecule has 5 heteroatoms. The van der Waals surface area contributed by atoms with Crippen molar-refractivity contribution in [1.82, 2.24) is 14.5 Å². The van der Waals surface area contributed by atoms with Crippen LogP contribution >= 0.6 is 0 Å². The van der Waals surface area contributed by atoms with Crippen molar-refractivity contribution in [3.63, 3.8) is 0 Å². The number of rotatable bonds is 1. The molecular formula is C11H14N4O. The molecule has 2 aromatic heterocycles. The number of pyridine rings is 1. The summed E-state index contributed by atoms with van der Waals surface area (Å²) in [7, 11) is 0. The van der Waals surface area contributed by atoms with Crippen LogP contribution in [-0.4, -0.2) is 27.7 Å². The van der Waals surface area contributed by atoms with E-state index in [1.165, 1.54) is 0 Å². The van der Waals surface area contributed by atoms with Gasteiger partial charge in [-0.3, -0.25) is 4.98 Å². The van der Waals surface area contributed by atoms with E-state index >= 15 is 0 Å². The van der Waals surface area contributed by atoms with Gasteiger partial charge in [-0.25, -0.2) is 4.98 Å². The van der Waals surface area contributed by atoms with Gasteiger partial charge < -0.3 is 15.0 Å². The summed E-state index contributed by atoms with van der Waals surface area (Å²) in [6, 6.07) is 1.95. The predicted molar refractivity (Wildman–Crippen MR) is 61.0 cm³/mol. The average molecular weight is 218 g/mol. The average Bonchev–Trinajstić information content (AvgIpc) is 2.81. The van der Waals surface area contributed by atoms with Gasteiger partial charge in [-0.15, -0.1) is 0 Å². The minimum absolute atomic E-state index is 0.0831. The number of hydrogen-bond acceptors (Lipinski definition) is 4. The Morgan fingerprint density at radius 1 is 1.56 bits per heavy atom. The van der Waals surface area contributed by atoms with Gasteiger partial charge in [0.25, 0.3) is 0 Å². The van der Waals surface area contributed by atoms with Gasteiger partial charge in [0.05, 0.1) is 23.9 Å². The Morgan fingerprint density at radius 2 is 2.44 bits per heavy atom. The van der Waals surface area contributed by atoms with Crippen molar-refractivity contribution in [3.8, 4) is 0 Å². The van der Waals surface area contributed by atoms with Crippen LogP contribution in [0.1, 0.15) is 13.3 Å². The number of nitrogens with two attached hydrogens (primary N) is 1. The molecule has 1 unspecified atom stereocenters. The van der Waals surface area contributed by atoms with E-state index in [4.69, 9.17) is 10.5 Å². The van der Waals surface area contributed by atoms with Crippen molar-refractivity contribution >= 4 is 17.0 Å². The van der Waals surface area contributed by atoms with Crippen molar-refractivity contribution in [2.75, 3.05) is 18.9 Å². The molecule has 0 radical (unpaired) electrons. The molecule has 0 aromatic carbocycles. The quantitative estimate of drug-likeness (QED) is 0.779. The fourth-order valence-corrected chi connectivity index (χ4v) is 2.35. The second-order valence-corrected chi connectivity index (χ2v) is 4.47. The number of nitrogens with zero attached hydrogens (tertiary/aromatic N) is 3. The molecule has 2 aromatic rings. The Labute approximate surface area is 93.2 Å². The maximum Gasteiger partial charge on any atom is 0.201 e. The number of nitrogen functional groups attached to an aromatic ring is 1. The summed E-state index contributed by atoms with van der Waals surface area (Å²) in [5.41, 5.74) is 7.77. The Hall–Kier alpha value is -1.62. The smallest absolute Gasteiger partial charge is 0.201 e. The van der Waals surface area contributed by atoms with Gasteiger partial charge in [0.1, 0.15) is 5.52 Å². The highest BCUT2D eigenvalue weighted by molar-refractivity contribution is 5.77. The zero-order valence-electron chi connectivity index (χ0n) is 9.18. The van der Waals surface area contributed by atoms with E-state index in [1.807, 2.05) is 6.07 Å². The van der Waals surface area contributed by atoms with E-state index in [0.717, 1.165) is 24.1 Å². The molecule has 3 rings (SSSR count). The van der Waals surface area contributed by atoms with Crippen LogP contribution in [-0.2, 0) is 10.3 Å². The maximum atomic E-state index is 5.99. The third kappa shape index (κ3) is 1.21. The minimum Gasteiger partial charge on any atom is -0.379 e. The number of aromatic nitrogens is 3. The molecule has 1 fully saturated rings. The van der Waals surface area contributed by atoms with E-state index in [-0.39, 0.29) is 5.54 Å². The van der Waals surface area contributed by atoms with Crippen LogP contribution in [0, 0.1) is 0 Å². The second-order valence-electron chi connectivity index (χ2n) is 4.47. The van der Waals surface area contributed by atoms with E-state index in [0.29, 0.717) is 12.6 Å². The van der Waals surface area contributed by atoms with E-state index in [9.17, 15) is 0 Å². The molecule has 0 bridgehead atoms. The van der Waals surface area contributed by atoms with Gasteiger partial charge in [-0.2, -0.15) is 0 Å². The first-order valence-electron chi connectivity index (χ1n) is 5.37. The predicted octanol–water partition coefficient (Wildman–Crippen LogP) is 1.15. The molecule has 3 heterocycles. The van der Waals surface area contributed by atoms with Crippen LogP contribution in [0.3, 0.4) is 0 Å². The van der Waals surface area contributed by atoms with Gasteiger partial charge in [-0.05, 0) is 19.4 Å². The second kappa shape index (κ2) is 3.18. The van der Waals surface area contributed by atoms with Crippen molar-refractivity contribution in [2.24, 2.45) is 0 Å². The summed E-state index contributed by atoms with van der Waals surface area (Å²) in [5, 5.41) is 0. The monoisotopic (exact) mass is 218 g/mol. The van der Waals surface area contributed by atoms with Crippen molar-refractivity contribution < 1.29 is 4.74 Å². The van der Waals surface area contributed by atoms with Crippen molar-refractivity contribution in [1.29, 1.82) is 0 Å². The zero-order valence-corrected chi connectivity index (χ0v) is 9.18. The Balaban J connectivity index is 2.26. The first-order valence-corrected chi connectivity index (χ1v) is 5.37. The summed E-state index contributed by atoms with van der Waals surface area (Å²) in [6.07, 6.45) is 4.46. The molecule has 0 aliphatic carbocycles. The Kier molecular flexibility index (Phi) is 1.91. The molecule has 0 amide bonds. The molecule has 84 valence electrons. The number of hydrogen-bond donors (Lipinski definition) is 1. The van der Waals surface area contributed by atoms with Gasteiger partial charge in [0.2, 0.25) is 5.95 Å². The van der Waals surface area contributed by atoms with Gasteiger partial charge in [-0.1, -0.05) is 0 Å². The molecule has 1 saturated heterocycles. The Morgan fingerprint density at radius 3 is 3.19 bits per heavy atom. The molecule has 0 spiro atoms. The van der Waals surface area contributed by atoms with Crippen LogP contribution in [0.15, 0.2) is 18.5 Å². The fraction of sp³-hybridized carbons (Fsp3) is 0.455. The fourth-order valence-electron chi connectivity index (χ4n) is 2.35. The summed E-state index contributed by atoms with van der Waals surface area (Å²) >= 11 is 0. The molecule has 1 aliphatic rings. The Bertz CT molecular complexity index is 528. The third-order valence-electron chi connectivity index (χ3n) is 3.22. The van der Waals surface area contributed by atoms with Crippen LogP contribution in [0.5, 0.6) is 0 Å². The number of imidazole rings is 1. The summed E-state index contributed by atoms with van der Waals surface area (Å²) in [6.45, 7) is 3.61. The SMILES string of the molecule is CC1(n2c(N)nc3cnccc32)CCOC1. The topological polar surface area (TPSA) is 66.0 Å². The highest BCUT2D eigenvalue weighted by Crippen LogP contribution is 2.32. The number of ether oxygens (including phenoxy) is 1. The molecule has 16 heavy (non-hydrogen) atoms. The first-order chi connectivity index (χ1) is 7.71. The van der Waals surface area contributed by atoms with Gasteiger partial charge >= 0.3 is 0 Å². The molecule has 2 N–H and O–H groups in total. The summed E-state index contributed by atoms with van der Waals surface area (Å²) < 4.78 is 7.53. The molecule has 1 aliphatic heterocycles. The van der Waals surface area contributed by atoms with Crippen molar-refractivity contribution in [2.45, 2.75) is 18.9 Å². The highest BCUT2D eigenvalue weighted by Gasteiger charge is 2.34. The highest BCUT2D eigenvalue weighted by atomic mass is 16.5. The van der Waals surface area contributed by atoms with Crippen LogP contribution in [0.4, 0.5) is 5.95 Å². The lowest BCUT2D eigenvalue weighted by Crippen LogP contribution is -2.31. The number of anilines is 1. The standard InChI is InChI=1S/C11H14N4O/c1-11(3-5-16-7-11)15-9-2-4-13-6-8(9)14-10(15)12/h2,4,6H,3,5,7H2,1H3,(H2,12,14). The maximum absolute atomic E-state index is 5.99. The third-order valence-corrected chi connectivity index (χ3v) is 3.22. The lowest BCUT2D eigenvalue weighted by molar-refractivity contribution is 0.164. The summed E-state index contributed by atoms with van der Waals surface area (Å²) in [4.78, 5) is 8.38. The largest absolute Gasteiger partial charge is 0.379 e. The van der Waals surface area contributed by atoms with E-state index < -0.39 is 0 Å². The zero-order chi connectivity index (χ0) is 11.2. The lowest BCUT2D eigenvalue weighted by Gasteiger charge is -2.25. The summed E-state index contributed by atoms with van der Waals surface area (Å²) in [5.74, 6) is 0.538.